The number of aryl methyl sites for hydroxylation is 1. The lowest BCUT2D eigenvalue weighted by molar-refractivity contribution is 1.51. The first kappa shape index (κ1) is 9.50. The Hall–Kier alpha value is -1.05. The number of nitriles is 1. The van der Waals surface area contributed by atoms with Gasteiger partial charge in [-0.1, -0.05) is 22.0 Å². The first-order valence-electron chi connectivity index (χ1n) is 4.02. The Morgan fingerprint density at radius 1 is 1.50 bits per heavy atom. The standard InChI is InChI=1S/C10H7BrN2S/c1-5-2-3-7(11)8-6(4-12)10(13)14-9(5)8/h2-3H,13H2,1H3. The molecule has 0 aliphatic carbocycles. The molecule has 0 atom stereocenters. The number of nitrogens with two attached hydrogens (primary N) is 1. The van der Waals surface area contributed by atoms with Crippen molar-refractivity contribution in [3.05, 3.63) is 27.7 Å². The Balaban J connectivity index is 3.03. The third-order valence-electron chi connectivity index (χ3n) is 2.12. The summed E-state index contributed by atoms with van der Waals surface area (Å²) >= 11 is 4.91. The van der Waals surface area contributed by atoms with E-state index in [0.717, 1.165) is 20.1 Å². The second-order valence-corrected chi connectivity index (χ2v) is 4.93. The molecule has 2 nitrogen and oxygen atoms in total. The number of fused-ring (bicyclic) bond motifs is 1. The molecule has 1 aromatic heterocycles. The molecule has 4 heteroatoms. The number of hydrogen-bond acceptors (Lipinski definition) is 3. The molecule has 2 rings (SSSR count). The average molecular weight is 267 g/mol. The fourth-order valence-corrected chi connectivity index (χ4v) is 3.10. The van der Waals surface area contributed by atoms with Gasteiger partial charge in [0.05, 0.1) is 5.56 Å². The van der Waals surface area contributed by atoms with Crippen LogP contribution in [0.1, 0.15) is 11.1 Å². The molecule has 0 fully saturated rings. The van der Waals surface area contributed by atoms with Crippen LogP contribution in [0.3, 0.4) is 0 Å². The normalized spacial score (nSPS) is 10.4. The quantitative estimate of drug-likeness (QED) is 0.795. The summed E-state index contributed by atoms with van der Waals surface area (Å²) in [6, 6.07) is 6.11. The molecule has 70 valence electrons. The molecule has 0 radical (unpaired) electrons. The van der Waals surface area contributed by atoms with Crippen LogP contribution in [0.5, 0.6) is 0 Å². The minimum atomic E-state index is 0.584. The zero-order chi connectivity index (χ0) is 10.3. The Bertz CT molecular complexity index is 551. The van der Waals surface area contributed by atoms with Crippen molar-refractivity contribution < 1.29 is 0 Å². The summed E-state index contributed by atoms with van der Waals surface area (Å²) in [7, 11) is 0. The molecule has 0 saturated carbocycles. The van der Waals surface area contributed by atoms with E-state index < -0.39 is 0 Å². The van der Waals surface area contributed by atoms with Crippen molar-refractivity contribution in [2.24, 2.45) is 0 Å². The van der Waals surface area contributed by atoms with Crippen molar-refractivity contribution >= 4 is 42.4 Å². The lowest BCUT2D eigenvalue weighted by atomic mass is 10.1. The van der Waals surface area contributed by atoms with E-state index in [1.54, 1.807) is 0 Å². The van der Waals surface area contributed by atoms with Crippen LogP contribution >= 0.6 is 27.3 Å². The number of thiophene rings is 1. The summed E-state index contributed by atoms with van der Waals surface area (Å²) in [4.78, 5) is 0. The highest BCUT2D eigenvalue weighted by Gasteiger charge is 2.13. The largest absolute Gasteiger partial charge is 0.389 e. The van der Waals surface area contributed by atoms with Crippen molar-refractivity contribution in [1.82, 2.24) is 0 Å². The molecular formula is C10H7BrN2S. The molecule has 1 aromatic carbocycles. The monoisotopic (exact) mass is 266 g/mol. The topological polar surface area (TPSA) is 49.8 Å². The van der Waals surface area contributed by atoms with Gasteiger partial charge < -0.3 is 5.73 Å². The van der Waals surface area contributed by atoms with Crippen molar-refractivity contribution in [3.63, 3.8) is 0 Å². The third-order valence-corrected chi connectivity index (χ3v) is 3.94. The molecule has 0 amide bonds. The van der Waals surface area contributed by atoms with E-state index in [2.05, 4.69) is 22.0 Å². The van der Waals surface area contributed by atoms with E-state index in [1.807, 2.05) is 19.1 Å². The van der Waals surface area contributed by atoms with Gasteiger partial charge in [0.1, 0.15) is 11.1 Å². The van der Waals surface area contributed by atoms with Crippen LogP contribution in [0.15, 0.2) is 16.6 Å². The summed E-state index contributed by atoms with van der Waals surface area (Å²) in [5.41, 5.74) is 7.51. The summed E-state index contributed by atoms with van der Waals surface area (Å²) in [6.07, 6.45) is 0. The van der Waals surface area contributed by atoms with E-state index in [4.69, 9.17) is 11.0 Å². The first-order valence-corrected chi connectivity index (χ1v) is 5.63. The summed E-state index contributed by atoms with van der Waals surface area (Å²) in [5.74, 6) is 0. The Labute approximate surface area is 94.1 Å². The van der Waals surface area contributed by atoms with Crippen molar-refractivity contribution in [2.75, 3.05) is 5.73 Å². The van der Waals surface area contributed by atoms with Crippen LogP contribution in [0.4, 0.5) is 5.00 Å². The van der Waals surface area contributed by atoms with Crippen molar-refractivity contribution in [2.45, 2.75) is 6.92 Å². The maximum atomic E-state index is 8.98. The molecule has 14 heavy (non-hydrogen) atoms. The van der Waals surface area contributed by atoms with Gasteiger partial charge >= 0.3 is 0 Å². The molecule has 0 aliphatic heterocycles. The van der Waals surface area contributed by atoms with Crippen molar-refractivity contribution in [1.29, 1.82) is 5.26 Å². The number of rotatable bonds is 0. The van der Waals surface area contributed by atoms with E-state index in [-0.39, 0.29) is 0 Å². The number of anilines is 1. The van der Waals surface area contributed by atoms with Crippen LogP contribution in [0.25, 0.3) is 10.1 Å². The molecule has 0 unspecified atom stereocenters. The Morgan fingerprint density at radius 3 is 2.86 bits per heavy atom. The number of hydrogen-bond donors (Lipinski definition) is 1. The van der Waals surface area contributed by atoms with Crippen LogP contribution in [0, 0.1) is 18.3 Å². The smallest absolute Gasteiger partial charge is 0.105 e. The zero-order valence-electron chi connectivity index (χ0n) is 7.47. The zero-order valence-corrected chi connectivity index (χ0v) is 9.87. The molecule has 0 spiro atoms. The van der Waals surface area contributed by atoms with E-state index in [1.165, 1.54) is 11.3 Å². The van der Waals surface area contributed by atoms with Gasteiger partial charge in [-0.15, -0.1) is 11.3 Å². The maximum absolute atomic E-state index is 8.98. The van der Waals surface area contributed by atoms with E-state index in [9.17, 15) is 0 Å². The Kier molecular flexibility index (Phi) is 2.22. The SMILES string of the molecule is Cc1ccc(Br)c2c(C#N)c(N)sc12. The molecule has 0 saturated heterocycles. The van der Waals surface area contributed by atoms with Gasteiger partial charge in [0.25, 0.3) is 0 Å². The molecule has 0 aliphatic rings. The molecule has 0 bridgehead atoms. The second kappa shape index (κ2) is 3.26. The lowest BCUT2D eigenvalue weighted by Crippen LogP contribution is -1.82. The number of benzene rings is 1. The van der Waals surface area contributed by atoms with Gasteiger partial charge in [0.15, 0.2) is 0 Å². The number of halogens is 1. The average Bonchev–Trinajstić information content (AvgIpc) is 2.50. The van der Waals surface area contributed by atoms with Gasteiger partial charge in [0, 0.05) is 14.6 Å². The van der Waals surface area contributed by atoms with Gasteiger partial charge in [-0.05, 0) is 18.6 Å². The van der Waals surface area contributed by atoms with E-state index >= 15 is 0 Å². The lowest BCUT2D eigenvalue weighted by Gasteiger charge is -1.97. The summed E-state index contributed by atoms with van der Waals surface area (Å²) in [5, 5.41) is 10.5. The minimum Gasteiger partial charge on any atom is -0.389 e. The van der Waals surface area contributed by atoms with Gasteiger partial charge in [-0.3, -0.25) is 0 Å². The fraction of sp³-hybridized carbons (Fsp3) is 0.100. The second-order valence-electron chi connectivity index (χ2n) is 3.02. The highest BCUT2D eigenvalue weighted by atomic mass is 79.9. The predicted molar refractivity (Wildman–Crippen MR) is 63.4 cm³/mol. The highest BCUT2D eigenvalue weighted by molar-refractivity contribution is 9.10. The van der Waals surface area contributed by atoms with Gasteiger partial charge in [0.2, 0.25) is 0 Å². The number of nitrogen functional groups attached to an aromatic ring is 1. The van der Waals surface area contributed by atoms with Gasteiger partial charge in [-0.2, -0.15) is 5.26 Å². The maximum Gasteiger partial charge on any atom is 0.105 e. The molecular weight excluding hydrogens is 260 g/mol. The van der Waals surface area contributed by atoms with Crippen LogP contribution < -0.4 is 5.73 Å². The predicted octanol–water partition coefficient (Wildman–Crippen LogP) is 3.43. The summed E-state index contributed by atoms with van der Waals surface area (Å²) in [6.45, 7) is 2.02. The Morgan fingerprint density at radius 2 is 2.21 bits per heavy atom. The van der Waals surface area contributed by atoms with Crippen molar-refractivity contribution in [3.8, 4) is 6.07 Å². The highest BCUT2D eigenvalue weighted by Crippen LogP contribution is 2.39. The van der Waals surface area contributed by atoms with Gasteiger partial charge in [-0.25, -0.2) is 0 Å². The summed E-state index contributed by atoms with van der Waals surface area (Å²) < 4.78 is 2.02. The van der Waals surface area contributed by atoms with Crippen LogP contribution in [-0.4, -0.2) is 0 Å². The third kappa shape index (κ3) is 1.21. The van der Waals surface area contributed by atoms with Crippen LogP contribution in [-0.2, 0) is 0 Å². The fourth-order valence-electron chi connectivity index (χ4n) is 1.42. The van der Waals surface area contributed by atoms with Crippen LogP contribution in [0.2, 0.25) is 0 Å². The number of nitrogens with zero attached hydrogens (tertiary/aromatic N) is 1. The first-order chi connectivity index (χ1) is 6.65. The minimum absolute atomic E-state index is 0.584. The molecule has 2 aromatic rings. The molecule has 2 N–H and O–H groups in total. The van der Waals surface area contributed by atoms with E-state index in [0.29, 0.717) is 10.6 Å². The molecule has 1 heterocycles.